The van der Waals surface area contributed by atoms with Crippen molar-refractivity contribution in [2.24, 2.45) is 0 Å². The first kappa shape index (κ1) is 54.0. The van der Waals surface area contributed by atoms with Crippen molar-refractivity contribution < 1.29 is 4.42 Å². The highest BCUT2D eigenvalue weighted by molar-refractivity contribution is 7.12. The highest BCUT2D eigenvalue weighted by Gasteiger charge is 2.10. The molecule has 274 valence electrons. The van der Waals surface area contributed by atoms with Crippen LogP contribution in [-0.4, -0.2) is 24.9 Å². The Morgan fingerprint density at radius 2 is 0.957 bits per heavy atom. The Bertz CT molecular complexity index is 1320. The Hall–Kier alpha value is -2.45. The number of oxazole rings is 1. The largest absolute Gasteiger partial charge is 0.446 e. The number of rotatable bonds is 4. The van der Waals surface area contributed by atoms with Crippen LogP contribution in [0.2, 0.25) is 0 Å². The van der Waals surface area contributed by atoms with Crippen LogP contribution in [0.15, 0.2) is 4.42 Å². The topological polar surface area (TPSA) is 77.6 Å². The van der Waals surface area contributed by atoms with E-state index in [0.29, 0.717) is 23.7 Å². The fourth-order valence-corrected chi connectivity index (χ4v) is 6.16. The van der Waals surface area contributed by atoms with Gasteiger partial charge in [-0.1, -0.05) is 92.5 Å². The Morgan fingerprint density at radius 1 is 0.468 bits per heavy atom. The molecule has 4 rings (SSSR count). The molecule has 0 fully saturated rings. The van der Waals surface area contributed by atoms with Gasteiger partial charge in [0.15, 0.2) is 5.89 Å². The van der Waals surface area contributed by atoms with Crippen molar-refractivity contribution in [2.45, 2.75) is 179 Å². The average molecular weight is 694 g/mol. The second-order valence-electron chi connectivity index (χ2n) is 12.0. The summed E-state index contributed by atoms with van der Waals surface area (Å²) in [5.74, 6) is 4.71. The molecule has 0 atom stereocenters. The monoisotopic (exact) mass is 694 g/mol. The quantitative estimate of drug-likeness (QED) is 0.212. The maximum Gasteiger partial charge on any atom is 0.191 e. The van der Waals surface area contributed by atoms with Crippen LogP contribution in [0.5, 0.6) is 0 Å². The summed E-state index contributed by atoms with van der Waals surface area (Å²) in [6.45, 7) is 35.6. The maximum absolute atomic E-state index is 5.26. The van der Waals surface area contributed by atoms with Crippen LogP contribution >= 0.6 is 22.7 Å². The van der Waals surface area contributed by atoms with E-state index in [1.807, 2.05) is 39.0 Å². The molecule has 0 aliphatic carbocycles. The molecule has 8 heteroatoms. The Morgan fingerprint density at radius 3 is 1.21 bits per heavy atom. The third kappa shape index (κ3) is 17.5. The zero-order valence-electron chi connectivity index (χ0n) is 29.3. The van der Waals surface area contributed by atoms with Gasteiger partial charge in [-0.2, -0.15) is 0 Å². The van der Waals surface area contributed by atoms with Crippen LogP contribution in [0.4, 0.5) is 0 Å². The van der Waals surface area contributed by atoms with Crippen LogP contribution < -0.4 is 0 Å². The number of aryl methyl sites for hydroxylation is 8. The van der Waals surface area contributed by atoms with Crippen LogP contribution in [0.3, 0.4) is 0 Å². The van der Waals surface area contributed by atoms with Crippen LogP contribution in [0, 0.1) is 62.3 Å². The molecule has 6 nitrogen and oxygen atoms in total. The average Bonchev–Trinajstić information content (AvgIpc) is 3.52. The summed E-state index contributed by atoms with van der Waals surface area (Å²) in [4.78, 5) is 24.5. The van der Waals surface area contributed by atoms with E-state index in [0.717, 1.165) is 28.9 Å². The molecule has 0 spiro atoms. The lowest BCUT2D eigenvalue weighted by Gasteiger charge is -2.10. The zero-order valence-corrected chi connectivity index (χ0v) is 30.9. The zero-order chi connectivity index (χ0) is 32.5. The number of hydrogen-bond donors (Lipinski definition) is 0. The number of hydrogen-bond acceptors (Lipinski definition) is 8. The minimum absolute atomic E-state index is 0. The lowest BCUT2D eigenvalue weighted by Crippen LogP contribution is -2.03. The van der Waals surface area contributed by atoms with Gasteiger partial charge >= 0.3 is 0 Å². The van der Waals surface area contributed by atoms with E-state index in [1.54, 1.807) is 11.3 Å². The van der Waals surface area contributed by atoms with Crippen molar-refractivity contribution in [3.63, 3.8) is 0 Å². The van der Waals surface area contributed by atoms with Crippen molar-refractivity contribution in [3.8, 4) is 0 Å². The molecule has 0 N–H and O–H groups in total. The lowest BCUT2D eigenvalue weighted by atomic mass is 10.0. The van der Waals surface area contributed by atoms with Gasteiger partial charge in [0.25, 0.3) is 0 Å². The summed E-state index contributed by atoms with van der Waals surface area (Å²) < 4.78 is 5.26. The van der Waals surface area contributed by atoms with Crippen LogP contribution in [-0.2, 0) is 0 Å². The third-order valence-corrected chi connectivity index (χ3v) is 8.87. The molecule has 4 aromatic rings. The van der Waals surface area contributed by atoms with E-state index in [-0.39, 0.29) is 37.1 Å². The molecular formula is C39H75N5OS2. The molecule has 4 aromatic heterocycles. The number of aromatic nitrogens is 5. The first-order valence-corrected chi connectivity index (χ1v) is 16.6. The summed E-state index contributed by atoms with van der Waals surface area (Å²) >= 11 is 3.60. The molecule has 0 saturated carbocycles. The van der Waals surface area contributed by atoms with Gasteiger partial charge in [-0.15, -0.1) is 22.7 Å². The molecule has 4 heterocycles. The fraction of sp³-hybridized carbons (Fsp3) is 0.667. The molecule has 0 radical (unpaired) electrons. The smallest absolute Gasteiger partial charge is 0.191 e. The minimum Gasteiger partial charge on any atom is -0.446 e. The summed E-state index contributed by atoms with van der Waals surface area (Å²) in [6.07, 6.45) is 0. The normalized spacial score (nSPS) is 9.72. The van der Waals surface area contributed by atoms with Gasteiger partial charge < -0.3 is 4.42 Å². The van der Waals surface area contributed by atoms with Crippen molar-refractivity contribution >= 4 is 22.7 Å². The second kappa shape index (κ2) is 24.7. The maximum atomic E-state index is 5.26. The number of thiazole rings is 2. The first-order valence-electron chi connectivity index (χ1n) is 15.0. The standard InChI is InChI=1S/C10H16N2.C8H13NO.2C8H13NS.5CH4/c1-6(2)10-7(3)8(4)11-9(5)12-10;2*1-5(2)8-6(3)10-7(4)9-8;1-5(2)8-9-6(3)7(4)10-8;;;;;/h6H,1-5H3;3*5H,1-4H3;5*1H4. The van der Waals surface area contributed by atoms with E-state index in [4.69, 9.17) is 4.42 Å². The van der Waals surface area contributed by atoms with Gasteiger partial charge in [-0.05, 0) is 78.7 Å². The van der Waals surface area contributed by atoms with Crippen molar-refractivity contribution in [1.29, 1.82) is 0 Å². The Kier molecular flexibility index (Phi) is 28.3. The Balaban J connectivity index is -0.000000162. The SMILES string of the molecule is C.C.C.C.C.Cc1nc(C(C)C)c(C)o1.Cc1nc(C(C)C)c(C)s1.Cc1nc(C(C)C)sc1C.Cc1nc(C)c(C)c(C(C)C)n1. The molecule has 47 heavy (non-hydrogen) atoms. The summed E-state index contributed by atoms with van der Waals surface area (Å²) in [5.41, 5.74) is 7.05. The van der Waals surface area contributed by atoms with Crippen molar-refractivity contribution in [2.75, 3.05) is 0 Å². The van der Waals surface area contributed by atoms with Crippen molar-refractivity contribution in [1.82, 2.24) is 24.9 Å². The van der Waals surface area contributed by atoms with E-state index in [2.05, 4.69) is 115 Å². The van der Waals surface area contributed by atoms with E-state index in [9.17, 15) is 0 Å². The van der Waals surface area contributed by atoms with Crippen LogP contribution in [0.1, 0.15) is 187 Å². The van der Waals surface area contributed by atoms with E-state index >= 15 is 0 Å². The molecule has 0 unspecified atom stereocenters. The van der Waals surface area contributed by atoms with Crippen LogP contribution in [0.25, 0.3) is 0 Å². The third-order valence-electron chi connectivity index (χ3n) is 6.60. The lowest BCUT2D eigenvalue weighted by molar-refractivity contribution is 0.492. The highest BCUT2D eigenvalue weighted by Crippen LogP contribution is 2.24. The van der Waals surface area contributed by atoms with E-state index in [1.165, 1.54) is 42.4 Å². The minimum atomic E-state index is 0. The second-order valence-corrected chi connectivity index (χ2v) is 14.7. The molecular weight excluding hydrogens is 619 g/mol. The van der Waals surface area contributed by atoms with Gasteiger partial charge in [-0.3, -0.25) is 0 Å². The molecule has 0 saturated heterocycles. The Labute approximate surface area is 300 Å². The van der Waals surface area contributed by atoms with Gasteiger partial charge in [0.1, 0.15) is 11.6 Å². The summed E-state index contributed by atoms with van der Waals surface area (Å²) in [7, 11) is 0. The predicted molar refractivity (Wildman–Crippen MR) is 215 cm³/mol. The molecule has 0 aromatic carbocycles. The summed E-state index contributed by atoms with van der Waals surface area (Å²) in [5, 5.41) is 2.44. The molecule has 0 amide bonds. The van der Waals surface area contributed by atoms with Gasteiger partial charge in [-0.25, -0.2) is 24.9 Å². The summed E-state index contributed by atoms with van der Waals surface area (Å²) in [6, 6.07) is 0. The van der Waals surface area contributed by atoms with Crippen molar-refractivity contribution in [3.05, 3.63) is 71.3 Å². The molecule has 0 aliphatic heterocycles. The van der Waals surface area contributed by atoms with Gasteiger partial charge in [0.2, 0.25) is 0 Å². The fourth-order valence-electron chi connectivity index (χ4n) is 4.26. The number of nitrogens with zero attached hydrogens (tertiary/aromatic N) is 5. The van der Waals surface area contributed by atoms with E-state index < -0.39 is 0 Å². The predicted octanol–water partition coefficient (Wildman–Crippen LogP) is 13.9. The van der Waals surface area contributed by atoms with Gasteiger partial charge in [0, 0.05) is 34.0 Å². The molecule has 0 aliphatic rings. The highest BCUT2D eigenvalue weighted by atomic mass is 32.1. The molecule has 0 bridgehead atoms. The first-order chi connectivity index (χ1) is 19.3. The van der Waals surface area contributed by atoms with Gasteiger partial charge in [0.05, 0.1) is 27.1 Å².